The highest BCUT2D eigenvalue weighted by Crippen LogP contribution is 2.13. The number of carbonyl (C=O) groups is 8. The molecule has 6 amide bonds. The minimum absolute atomic E-state index is 0.0177. The van der Waals surface area contributed by atoms with E-state index < -0.39 is 17.7 Å². The first kappa shape index (κ1) is 58.8. The predicted octanol–water partition coefficient (Wildman–Crippen LogP) is 3.66. The molecule has 0 radical (unpaired) electrons. The maximum absolute atomic E-state index is 11.6. The van der Waals surface area contributed by atoms with Crippen LogP contribution in [0.4, 0.5) is 33.6 Å². The molecular weight excluding hydrogens is 899 g/mol. The standard InChI is InChI=1S/C10H17N3O2.C10H17N3O.C9H12N4O3.C8H11N3O3.C7H10N2O/c1-7-11-8(6-13(7)5)12-9(14)15-10(2,3)4;1-4-5-12-10(14)9-6-8(11-2)7-13(9)3;1-13-4-7(11-8(13)5-14)12-9(16)2-3-10-6-15;1-3-14-8(13)7-10-6(9-5-12)4-11(7)2;1-6-3-7(8-5-10)4-9(6)2/h6H,1-5H3,(H,12,14);6-7,11H,4-5H2,1-3H3,(H,12,14);4-6H,2-3H2,1H3,(H,10,15)(H,12,16);4-5H,3H2,1-2H3,(H,9,12);3-5H,1-2H3,(H,8,10). The molecule has 378 valence electrons. The number of anilines is 5. The van der Waals surface area contributed by atoms with Crippen LogP contribution in [0, 0.1) is 13.8 Å². The summed E-state index contributed by atoms with van der Waals surface area (Å²) in [7, 11) is 10.8. The van der Waals surface area contributed by atoms with Gasteiger partial charge < -0.3 is 64.2 Å². The minimum Gasteiger partial charge on any atom is -0.460 e. The molecule has 25 heteroatoms. The van der Waals surface area contributed by atoms with E-state index in [9.17, 15) is 38.4 Å². The van der Waals surface area contributed by atoms with E-state index in [0.717, 1.165) is 35.9 Å². The summed E-state index contributed by atoms with van der Waals surface area (Å²) in [6.07, 6.45) is 11.5. The van der Waals surface area contributed by atoms with Gasteiger partial charge in [-0.3, -0.25) is 34.1 Å². The molecule has 5 heterocycles. The molecule has 0 saturated heterocycles. The number of imidazole rings is 3. The van der Waals surface area contributed by atoms with Crippen molar-refractivity contribution in [3.05, 3.63) is 72.0 Å². The first-order chi connectivity index (χ1) is 32.6. The highest BCUT2D eigenvalue weighted by molar-refractivity contribution is 5.94. The maximum atomic E-state index is 11.6. The largest absolute Gasteiger partial charge is 0.460 e. The number of aromatic nitrogens is 8. The summed E-state index contributed by atoms with van der Waals surface area (Å²) in [5, 5.41) is 18.2. The summed E-state index contributed by atoms with van der Waals surface area (Å²) in [4.78, 5) is 97.9. The number of aryl methyl sites for hydroxylation is 7. The Bertz CT molecular complexity index is 2400. The lowest BCUT2D eigenvalue weighted by Gasteiger charge is -2.18. The molecule has 0 saturated carbocycles. The van der Waals surface area contributed by atoms with Gasteiger partial charge in [0.1, 0.15) is 17.1 Å². The van der Waals surface area contributed by atoms with E-state index >= 15 is 0 Å². The number of hydrogen-bond acceptors (Lipinski definition) is 14. The molecule has 25 nitrogen and oxygen atoms in total. The van der Waals surface area contributed by atoms with Crippen molar-refractivity contribution in [3.8, 4) is 0 Å². The molecule has 0 aliphatic heterocycles. The zero-order valence-electron chi connectivity index (χ0n) is 41.5. The minimum atomic E-state index is -0.506. The number of rotatable bonds is 17. The van der Waals surface area contributed by atoms with Crippen LogP contribution in [0.25, 0.3) is 0 Å². The zero-order chi connectivity index (χ0) is 52.3. The second kappa shape index (κ2) is 30.1. The van der Waals surface area contributed by atoms with Gasteiger partial charge in [0.15, 0.2) is 29.6 Å². The van der Waals surface area contributed by atoms with Crippen LogP contribution in [0.3, 0.4) is 0 Å². The Morgan fingerprint density at radius 1 is 0.696 bits per heavy atom. The molecule has 0 fully saturated rings. The predicted molar refractivity (Wildman–Crippen MR) is 260 cm³/mol. The molecule has 0 spiro atoms. The van der Waals surface area contributed by atoms with Crippen LogP contribution in [0.2, 0.25) is 0 Å². The molecule has 0 atom stereocenters. The summed E-state index contributed by atoms with van der Waals surface area (Å²) in [6.45, 7) is 14.3. The molecule has 0 aliphatic rings. The Morgan fingerprint density at radius 2 is 1.32 bits per heavy atom. The number of nitrogens with one attached hydrogen (secondary N) is 7. The van der Waals surface area contributed by atoms with E-state index in [4.69, 9.17) is 9.47 Å². The zero-order valence-corrected chi connectivity index (χ0v) is 41.5. The van der Waals surface area contributed by atoms with Crippen molar-refractivity contribution in [3.63, 3.8) is 0 Å². The molecule has 0 unspecified atom stereocenters. The van der Waals surface area contributed by atoms with E-state index in [1.54, 1.807) is 27.2 Å². The van der Waals surface area contributed by atoms with Crippen molar-refractivity contribution < 1.29 is 47.8 Å². The Kier molecular flexibility index (Phi) is 25.7. The van der Waals surface area contributed by atoms with E-state index in [-0.39, 0.29) is 36.4 Å². The molecular formula is C44H67N15O10. The van der Waals surface area contributed by atoms with Crippen molar-refractivity contribution in [2.45, 2.75) is 66.9 Å². The third-order valence-corrected chi connectivity index (χ3v) is 8.68. The van der Waals surface area contributed by atoms with Gasteiger partial charge in [-0.25, -0.2) is 24.5 Å². The molecule has 0 bridgehead atoms. The van der Waals surface area contributed by atoms with E-state index in [1.165, 1.54) is 21.5 Å². The average molecular weight is 966 g/mol. The number of esters is 1. The Labute approximate surface area is 401 Å². The highest BCUT2D eigenvalue weighted by atomic mass is 16.6. The second-order valence-corrected chi connectivity index (χ2v) is 15.5. The van der Waals surface area contributed by atoms with Crippen molar-refractivity contribution in [1.29, 1.82) is 0 Å². The first-order valence-corrected chi connectivity index (χ1v) is 21.4. The van der Waals surface area contributed by atoms with Gasteiger partial charge in [0.2, 0.25) is 31.0 Å². The third kappa shape index (κ3) is 22.2. The van der Waals surface area contributed by atoms with Crippen LogP contribution in [0.1, 0.15) is 90.7 Å². The van der Waals surface area contributed by atoms with E-state index in [0.29, 0.717) is 55.3 Å². The molecule has 7 N–H and O–H groups in total. The van der Waals surface area contributed by atoms with Gasteiger partial charge >= 0.3 is 12.1 Å². The maximum Gasteiger partial charge on any atom is 0.413 e. The lowest BCUT2D eigenvalue weighted by molar-refractivity contribution is -0.116. The van der Waals surface area contributed by atoms with Crippen molar-refractivity contribution >= 4 is 78.2 Å². The number of amides is 6. The fourth-order valence-electron chi connectivity index (χ4n) is 5.19. The van der Waals surface area contributed by atoms with Crippen molar-refractivity contribution in [2.24, 2.45) is 35.2 Å². The summed E-state index contributed by atoms with van der Waals surface area (Å²) in [5.74, 6) is 1.59. The van der Waals surface area contributed by atoms with Crippen LogP contribution < -0.4 is 37.2 Å². The molecule has 5 aromatic heterocycles. The Hall–Kier alpha value is -8.25. The quantitative estimate of drug-likeness (QED) is 0.0398. The molecule has 69 heavy (non-hydrogen) atoms. The van der Waals surface area contributed by atoms with Gasteiger partial charge in [-0.1, -0.05) is 6.92 Å². The highest BCUT2D eigenvalue weighted by Gasteiger charge is 2.17. The normalized spacial score (nSPS) is 9.99. The number of nitrogens with zero attached hydrogens (tertiary/aromatic N) is 8. The lowest BCUT2D eigenvalue weighted by atomic mass is 10.2. The van der Waals surface area contributed by atoms with Gasteiger partial charge in [0.05, 0.1) is 18.0 Å². The van der Waals surface area contributed by atoms with Gasteiger partial charge in [-0.05, 0) is 60.1 Å². The summed E-state index contributed by atoms with van der Waals surface area (Å²) in [5.41, 5.74) is 3.12. The van der Waals surface area contributed by atoms with Crippen molar-refractivity contribution in [1.82, 2.24) is 48.4 Å². The third-order valence-electron chi connectivity index (χ3n) is 8.68. The fraction of sp³-hybridized carbons (Fsp3) is 0.432. The van der Waals surface area contributed by atoms with Gasteiger partial charge in [-0.2, -0.15) is 0 Å². The average Bonchev–Trinajstić information content (AvgIpc) is 4.09. The smallest absolute Gasteiger partial charge is 0.413 e. The number of ether oxygens (including phenoxy) is 2. The van der Waals surface area contributed by atoms with Crippen LogP contribution in [-0.2, 0) is 63.9 Å². The topological polar surface area (TPSA) is 303 Å². The van der Waals surface area contributed by atoms with Crippen LogP contribution >= 0.6 is 0 Å². The van der Waals surface area contributed by atoms with Crippen molar-refractivity contribution in [2.75, 3.05) is 53.3 Å². The van der Waals surface area contributed by atoms with E-state index in [2.05, 4.69) is 52.2 Å². The van der Waals surface area contributed by atoms with Crippen LogP contribution in [0.5, 0.6) is 0 Å². The monoisotopic (exact) mass is 966 g/mol. The molecule has 5 rings (SSSR count). The van der Waals surface area contributed by atoms with E-state index in [1.807, 2.05) is 108 Å². The molecule has 0 aromatic carbocycles. The Morgan fingerprint density at radius 3 is 1.81 bits per heavy atom. The first-order valence-electron chi connectivity index (χ1n) is 21.4. The number of carbonyl (C=O) groups excluding carboxylic acids is 8. The number of hydrogen-bond donors (Lipinski definition) is 7. The molecule has 0 aliphatic carbocycles. The fourth-order valence-corrected chi connectivity index (χ4v) is 5.19. The van der Waals surface area contributed by atoms with Gasteiger partial charge in [0, 0.05) is 98.5 Å². The summed E-state index contributed by atoms with van der Waals surface area (Å²) in [6, 6.07) is 3.75. The van der Waals surface area contributed by atoms with Gasteiger partial charge in [0.25, 0.3) is 5.91 Å². The lowest BCUT2D eigenvalue weighted by Crippen LogP contribution is -2.27. The Balaban J connectivity index is 0.000000434. The molecule has 5 aromatic rings. The van der Waals surface area contributed by atoms with Gasteiger partial charge in [-0.15, -0.1) is 0 Å². The van der Waals surface area contributed by atoms with Crippen LogP contribution in [-0.4, -0.2) is 120 Å². The number of aldehydes is 1. The SMILES string of the molecule is CCCNC(=O)c1cc(NC)cn1C.CCOC(=O)c1nc(NC=O)cn1C.Cc1cc(NC=O)cn1C.Cc1nc(NC(=O)OC(C)(C)C)cn1C.Cn1cc(NC(=O)CCNC=O)nc1C=O. The van der Waals surface area contributed by atoms with Crippen LogP contribution in [0.15, 0.2) is 43.1 Å². The summed E-state index contributed by atoms with van der Waals surface area (Å²) >= 11 is 0. The summed E-state index contributed by atoms with van der Waals surface area (Å²) < 4.78 is 18.4. The second-order valence-electron chi connectivity index (χ2n) is 15.5.